The van der Waals surface area contributed by atoms with Crippen LogP contribution in [0.25, 0.3) is 0 Å². The van der Waals surface area contributed by atoms with E-state index in [0.717, 1.165) is 22.8 Å². The second kappa shape index (κ2) is 6.00. The Balaban J connectivity index is 1.93. The van der Waals surface area contributed by atoms with Crippen LogP contribution in [0.5, 0.6) is 11.5 Å². The summed E-state index contributed by atoms with van der Waals surface area (Å²) in [6.45, 7) is 2.76. The van der Waals surface area contributed by atoms with Crippen molar-refractivity contribution >= 4 is 17.7 Å². The topological polar surface area (TPSA) is 55.8 Å². The average Bonchev–Trinajstić information content (AvgIpc) is 2.78. The molecule has 98 valence electrons. The molecule has 0 spiro atoms. The Bertz CT molecular complexity index is 433. The minimum atomic E-state index is -0.923. The molecule has 0 saturated heterocycles. The lowest BCUT2D eigenvalue weighted by Gasteiger charge is -2.07. The molecular formula is C13H16O4S. The zero-order valence-corrected chi connectivity index (χ0v) is 11.0. The highest BCUT2D eigenvalue weighted by Gasteiger charge is 2.28. The summed E-state index contributed by atoms with van der Waals surface area (Å²) < 4.78 is 10.9. The first-order valence-electron chi connectivity index (χ1n) is 5.93. The largest absolute Gasteiger partial charge is 0.493 e. The highest BCUT2D eigenvalue weighted by molar-refractivity contribution is 7.99. The van der Waals surface area contributed by atoms with Crippen LogP contribution in [0.2, 0.25) is 0 Å². The SMILES string of the molecule is CCSCCOc1ccc2c(c1)OC(C(=O)O)C2. The lowest BCUT2D eigenvalue weighted by Crippen LogP contribution is -2.24. The van der Waals surface area contributed by atoms with Crippen molar-refractivity contribution in [3.05, 3.63) is 23.8 Å². The molecule has 0 saturated carbocycles. The van der Waals surface area contributed by atoms with Crippen molar-refractivity contribution in [2.45, 2.75) is 19.4 Å². The molecule has 18 heavy (non-hydrogen) atoms. The van der Waals surface area contributed by atoms with Crippen molar-refractivity contribution < 1.29 is 19.4 Å². The quantitative estimate of drug-likeness (QED) is 0.802. The van der Waals surface area contributed by atoms with Crippen LogP contribution in [0, 0.1) is 0 Å². The van der Waals surface area contributed by atoms with Crippen molar-refractivity contribution in [2.24, 2.45) is 0 Å². The van der Waals surface area contributed by atoms with Gasteiger partial charge in [0.05, 0.1) is 6.61 Å². The third kappa shape index (κ3) is 3.10. The standard InChI is InChI=1S/C13H16O4S/c1-2-18-6-5-16-10-4-3-9-7-12(13(14)15)17-11(9)8-10/h3-4,8,12H,2,5-7H2,1H3,(H,14,15). The van der Waals surface area contributed by atoms with Gasteiger partial charge in [-0.15, -0.1) is 0 Å². The van der Waals surface area contributed by atoms with E-state index in [2.05, 4.69) is 6.92 Å². The van der Waals surface area contributed by atoms with Gasteiger partial charge in [0.1, 0.15) is 11.5 Å². The molecule has 1 atom stereocenters. The highest BCUT2D eigenvalue weighted by Crippen LogP contribution is 2.32. The second-order valence-corrected chi connectivity index (χ2v) is 5.36. The second-order valence-electron chi connectivity index (χ2n) is 3.96. The number of rotatable bonds is 6. The fourth-order valence-corrected chi connectivity index (χ4v) is 2.29. The number of hydrogen-bond donors (Lipinski definition) is 1. The molecule has 0 radical (unpaired) electrons. The van der Waals surface area contributed by atoms with Crippen molar-refractivity contribution in [3.63, 3.8) is 0 Å². The summed E-state index contributed by atoms with van der Waals surface area (Å²) in [7, 11) is 0. The molecule has 2 rings (SSSR count). The Labute approximate surface area is 110 Å². The molecule has 1 aliphatic rings. The molecule has 0 aromatic heterocycles. The summed E-state index contributed by atoms with van der Waals surface area (Å²) in [4.78, 5) is 10.8. The van der Waals surface area contributed by atoms with Gasteiger partial charge in [-0.2, -0.15) is 11.8 Å². The Morgan fingerprint density at radius 2 is 2.44 bits per heavy atom. The fraction of sp³-hybridized carbons (Fsp3) is 0.462. The van der Waals surface area contributed by atoms with Gasteiger partial charge in [-0.1, -0.05) is 13.0 Å². The molecule has 0 fully saturated rings. The van der Waals surface area contributed by atoms with Gasteiger partial charge in [0.25, 0.3) is 0 Å². The van der Waals surface area contributed by atoms with Gasteiger partial charge >= 0.3 is 5.97 Å². The Morgan fingerprint density at radius 3 is 3.17 bits per heavy atom. The molecule has 1 unspecified atom stereocenters. The Hall–Kier alpha value is -1.36. The van der Waals surface area contributed by atoms with Crippen LogP contribution in [0.15, 0.2) is 18.2 Å². The molecule has 0 amide bonds. The first kappa shape index (κ1) is 13.1. The zero-order valence-electron chi connectivity index (χ0n) is 10.2. The molecule has 0 bridgehead atoms. The number of carboxylic acids is 1. The number of hydrogen-bond acceptors (Lipinski definition) is 4. The molecular weight excluding hydrogens is 252 g/mol. The highest BCUT2D eigenvalue weighted by atomic mass is 32.2. The lowest BCUT2D eigenvalue weighted by atomic mass is 10.1. The third-order valence-corrected chi connectivity index (χ3v) is 3.55. The number of thioether (sulfide) groups is 1. The van der Waals surface area contributed by atoms with E-state index in [4.69, 9.17) is 14.6 Å². The fourth-order valence-electron chi connectivity index (χ4n) is 1.80. The van der Waals surface area contributed by atoms with Crippen LogP contribution in [-0.4, -0.2) is 35.3 Å². The number of carbonyl (C=O) groups is 1. The smallest absolute Gasteiger partial charge is 0.345 e. The summed E-state index contributed by atoms with van der Waals surface area (Å²) in [5.74, 6) is 2.47. The number of ether oxygens (including phenoxy) is 2. The first-order chi connectivity index (χ1) is 8.70. The number of carboxylic acid groups (broad SMARTS) is 1. The van der Waals surface area contributed by atoms with Crippen molar-refractivity contribution in [3.8, 4) is 11.5 Å². The molecule has 4 nitrogen and oxygen atoms in total. The molecule has 1 aliphatic heterocycles. The van der Waals surface area contributed by atoms with Crippen molar-refractivity contribution in [2.75, 3.05) is 18.1 Å². The lowest BCUT2D eigenvalue weighted by molar-refractivity contribution is -0.144. The van der Waals surface area contributed by atoms with Gasteiger partial charge in [0.2, 0.25) is 0 Å². The van der Waals surface area contributed by atoms with Crippen LogP contribution >= 0.6 is 11.8 Å². The summed E-state index contributed by atoms with van der Waals surface area (Å²) in [6, 6.07) is 5.51. The summed E-state index contributed by atoms with van der Waals surface area (Å²) in [6.07, 6.45) is -0.331. The van der Waals surface area contributed by atoms with Crippen LogP contribution in [0.3, 0.4) is 0 Å². The predicted molar refractivity (Wildman–Crippen MR) is 70.7 cm³/mol. The molecule has 1 heterocycles. The Kier molecular flexibility index (Phi) is 4.36. The normalized spacial score (nSPS) is 17.1. The third-order valence-electron chi connectivity index (χ3n) is 2.69. The van der Waals surface area contributed by atoms with E-state index in [1.54, 1.807) is 6.07 Å². The molecule has 1 aromatic rings. The van der Waals surface area contributed by atoms with E-state index < -0.39 is 12.1 Å². The number of benzene rings is 1. The maximum Gasteiger partial charge on any atom is 0.345 e. The van der Waals surface area contributed by atoms with Gasteiger partial charge < -0.3 is 14.6 Å². The van der Waals surface area contributed by atoms with E-state index in [0.29, 0.717) is 18.8 Å². The Morgan fingerprint density at radius 1 is 1.61 bits per heavy atom. The summed E-state index contributed by atoms with van der Waals surface area (Å²) in [5, 5.41) is 8.90. The van der Waals surface area contributed by atoms with E-state index in [1.807, 2.05) is 23.9 Å². The van der Waals surface area contributed by atoms with Crippen LogP contribution in [-0.2, 0) is 11.2 Å². The van der Waals surface area contributed by atoms with Gasteiger partial charge in [0.15, 0.2) is 6.10 Å². The first-order valence-corrected chi connectivity index (χ1v) is 7.09. The molecule has 1 aromatic carbocycles. The van der Waals surface area contributed by atoms with Gasteiger partial charge in [-0.25, -0.2) is 4.79 Å². The molecule has 5 heteroatoms. The van der Waals surface area contributed by atoms with Crippen LogP contribution in [0.4, 0.5) is 0 Å². The maximum atomic E-state index is 10.8. The van der Waals surface area contributed by atoms with E-state index in [-0.39, 0.29) is 0 Å². The maximum absolute atomic E-state index is 10.8. The number of aliphatic carboxylic acids is 1. The predicted octanol–water partition coefficient (Wildman–Crippen LogP) is 2.21. The van der Waals surface area contributed by atoms with Crippen molar-refractivity contribution in [1.29, 1.82) is 0 Å². The van der Waals surface area contributed by atoms with Gasteiger partial charge in [-0.05, 0) is 17.4 Å². The summed E-state index contributed by atoms with van der Waals surface area (Å²) >= 11 is 1.82. The van der Waals surface area contributed by atoms with E-state index in [9.17, 15) is 4.79 Å². The minimum absolute atomic E-state index is 0.427. The van der Waals surface area contributed by atoms with Gasteiger partial charge in [0, 0.05) is 18.2 Å². The molecule has 0 aliphatic carbocycles. The van der Waals surface area contributed by atoms with Crippen LogP contribution < -0.4 is 9.47 Å². The average molecular weight is 268 g/mol. The summed E-state index contributed by atoms with van der Waals surface area (Å²) in [5.41, 5.74) is 0.928. The van der Waals surface area contributed by atoms with E-state index in [1.165, 1.54) is 0 Å². The minimum Gasteiger partial charge on any atom is -0.493 e. The van der Waals surface area contributed by atoms with Crippen molar-refractivity contribution in [1.82, 2.24) is 0 Å². The zero-order chi connectivity index (χ0) is 13.0. The van der Waals surface area contributed by atoms with Gasteiger partial charge in [-0.3, -0.25) is 0 Å². The van der Waals surface area contributed by atoms with E-state index >= 15 is 0 Å². The molecule has 1 N–H and O–H groups in total. The number of fused-ring (bicyclic) bond motifs is 1. The van der Waals surface area contributed by atoms with Crippen LogP contribution in [0.1, 0.15) is 12.5 Å². The monoisotopic (exact) mass is 268 g/mol.